The number of hydrogen-bond acceptors (Lipinski definition) is 3. The average molecular weight is 358 g/mol. The molecule has 136 valence electrons. The second-order valence-electron chi connectivity index (χ2n) is 7.14. The Bertz CT molecular complexity index is 1170. The van der Waals surface area contributed by atoms with Crippen molar-refractivity contribution in [2.75, 3.05) is 5.32 Å². The molecule has 0 bridgehead atoms. The van der Waals surface area contributed by atoms with Crippen LogP contribution in [0.3, 0.4) is 0 Å². The third-order valence-corrected chi connectivity index (χ3v) is 4.86. The number of nitrogens with zero attached hydrogens (tertiary/aromatic N) is 3. The maximum atomic E-state index is 13.2. The van der Waals surface area contributed by atoms with Crippen LogP contribution in [0.25, 0.3) is 21.8 Å². The second kappa shape index (κ2) is 6.50. The fourth-order valence-electron chi connectivity index (χ4n) is 3.46. The summed E-state index contributed by atoms with van der Waals surface area (Å²) >= 11 is 0. The minimum absolute atomic E-state index is 0.142. The van der Waals surface area contributed by atoms with E-state index in [2.05, 4.69) is 24.3 Å². The van der Waals surface area contributed by atoms with Gasteiger partial charge in [0.15, 0.2) is 5.65 Å². The molecule has 4 aromatic rings. The molecule has 0 saturated heterocycles. The summed E-state index contributed by atoms with van der Waals surface area (Å²) in [6.45, 7) is 6.06. The van der Waals surface area contributed by atoms with Gasteiger partial charge in [0, 0.05) is 23.8 Å². The maximum absolute atomic E-state index is 13.2. The van der Waals surface area contributed by atoms with Gasteiger partial charge in [-0.2, -0.15) is 5.10 Å². The summed E-state index contributed by atoms with van der Waals surface area (Å²) in [6, 6.07) is 15.8. The van der Waals surface area contributed by atoms with Crippen molar-refractivity contribution >= 4 is 33.4 Å². The van der Waals surface area contributed by atoms with E-state index in [4.69, 9.17) is 4.98 Å². The summed E-state index contributed by atoms with van der Waals surface area (Å²) in [5.41, 5.74) is 3.84. The van der Waals surface area contributed by atoms with E-state index in [1.54, 1.807) is 4.68 Å². The molecule has 27 heavy (non-hydrogen) atoms. The van der Waals surface area contributed by atoms with Crippen LogP contribution in [0.4, 0.5) is 5.69 Å². The molecule has 0 atom stereocenters. The molecule has 2 heterocycles. The minimum Gasteiger partial charge on any atom is -0.321 e. The van der Waals surface area contributed by atoms with E-state index in [1.807, 2.05) is 62.5 Å². The van der Waals surface area contributed by atoms with Gasteiger partial charge in [-0.1, -0.05) is 50.2 Å². The minimum atomic E-state index is -0.142. The molecule has 0 aliphatic heterocycles. The summed E-state index contributed by atoms with van der Waals surface area (Å²) in [5, 5.41) is 10.5. The van der Waals surface area contributed by atoms with Gasteiger partial charge < -0.3 is 5.32 Å². The van der Waals surface area contributed by atoms with E-state index >= 15 is 0 Å². The van der Waals surface area contributed by atoms with Crippen molar-refractivity contribution in [1.29, 1.82) is 0 Å². The van der Waals surface area contributed by atoms with E-state index in [1.165, 1.54) is 0 Å². The highest BCUT2D eigenvalue weighted by Crippen LogP contribution is 2.27. The first-order valence-corrected chi connectivity index (χ1v) is 9.09. The number of aryl methyl sites for hydroxylation is 2. The van der Waals surface area contributed by atoms with Gasteiger partial charge in [0.25, 0.3) is 5.91 Å². The Balaban J connectivity index is 1.85. The zero-order valence-corrected chi connectivity index (χ0v) is 15.9. The molecule has 0 saturated carbocycles. The molecule has 0 spiro atoms. The van der Waals surface area contributed by atoms with Crippen molar-refractivity contribution in [2.45, 2.75) is 26.7 Å². The fourth-order valence-corrected chi connectivity index (χ4v) is 3.46. The number of nitrogens with one attached hydrogen (secondary N) is 1. The van der Waals surface area contributed by atoms with Gasteiger partial charge in [-0.05, 0) is 30.4 Å². The van der Waals surface area contributed by atoms with Crippen LogP contribution in [0, 0.1) is 6.92 Å². The Hall–Kier alpha value is -3.21. The number of carbonyl (C=O) groups excluding carboxylic acids is 1. The average Bonchev–Trinajstić information content (AvgIpc) is 2.95. The SMILES string of the molecule is Cc1nn(C)c2nc(C(C)C)cc(C(=O)Nc3cccc4ccccc34)c12. The van der Waals surface area contributed by atoms with Crippen LogP contribution in [0.2, 0.25) is 0 Å². The Morgan fingerprint density at radius 2 is 1.85 bits per heavy atom. The van der Waals surface area contributed by atoms with Crippen molar-refractivity contribution in [3.05, 3.63) is 65.5 Å². The summed E-state index contributed by atoms with van der Waals surface area (Å²) in [6.07, 6.45) is 0. The standard InChI is InChI=1S/C22H22N4O/c1-13(2)19-12-17(20-14(3)25-26(4)21(20)23-19)22(27)24-18-11-7-9-15-8-5-6-10-16(15)18/h5-13H,1-4H3,(H,24,27). The molecule has 5 heteroatoms. The molecule has 1 amide bonds. The van der Waals surface area contributed by atoms with Gasteiger partial charge in [0.1, 0.15) is 0 Å². The van der Waals surface area contributed by atoms with Gasteiger partial charge >= 0.3 is 0 Å². The van der Waals surface area contributed by atoms with E-state index in [-0.39, 0.29) is 11.8 Å². The van der Waals surface area contributed by atoms with Crippen LogP contribution >= 0.6 is 0 Å². The van der Waals surface area contributed by atoms with E-state index < -0.39 is 0 Å². The van der Waals surface area contributed by atoms with Crippen LogP contribution in [0.15, 0.2) is 48.5 Å². The predicted octanol–water partition coefficient (Wildman–Crippen LogP) is 4.81. The largest absolute Gasteiger partial charge is 0.321 e. The van der Waals surface area contributed by atoms with Gasteiger partial charge in [-0.25, -0.2) is 4.98 Å². The third-order valence-electron chi connectivity index (χ3n) is 4.86. The Morgan fingerprint density at radius 1 is 1.11 bits per heavy atom. The molecule has 0 aliphatic carbocycles. The van der Waals surface area contributed by atoms with E-state index in [0.717, 1.165) is 38.9 Å². The molecule has 5 nitrogen and oxygen atoms in total. The summed E-state index contributed by atoms with van der Waals surface area (Å²) in [4.78, 5) is 17.9. The van der Waals surface area contributed by atoms with Crippen LogP contribution in [0.1, 0.15) is 41.5 Å². The number of pyridine rings is 1. The second-order valence-corrected chi connectivity index (χ2v) is 7.14. The third kappa shape index (κ3) is 2.95. The number of benzene rings is 2. The van der Waals surface area contributed by atoms with Crippen LogP contribution in [0.5, 0.6) is 0 Å². The Kier molecular flexibility index (Phi) is 4.15. The molecular weight excluding hydrogens is 336 g/mol. The number of rotatable bonds is 3. The van der Waals surface area contributed by atoms with Crippen molar-refractivity contribution in [1.82, 2.24) is 14.8 Å². The number of anilines is 1. The van der Waals surface area contributed by atoms with Crippen molar-refractivity contribution in [3.63, 3.8) is 0 Å². The summed E-state index contributed by atoms with van der Waals surface area (Å²) in [5.74, 6) is 0.0745. The van der Waals surface area contributed by atoms with Crippen LogP contribution < -0.4 is 5.32 Å². The molecule has 4 rings (SSSR count). The van der Waals surface area contributed by atoms with E-state index in [9.17, 15) is 4.79 Å². The number of hydrogen-bond donors (Lipinski definition) is 1. The molecule has 0 radical (unpaired) electrons. The lowest BCUT2D eigenvalue weighted by molar-refractivity contribution is 0.102. The normalized spacial score (nSPS) is 11.4. The van der Waals surface area contributed by atoms with Crippen LogP contribution in [-0.2, 0) is 7.05 Å². The molecule has 0 aliphatic rings. The lowest BCUT2D eigenvalue weighted by Crippen LogP contribution is -2.14. The first-order valence-electron chi connectivity index (χ1n) is 9.09. The fraction of sp³-hybridized carbons (Fsp3) is 0.227. The lowest BCUT2D eigenvalue weighted by atomic mass is 10.0. The molecule has 2 aromatic carbocycles. The smallest absolute Gasteiger partial charge is 0.256 e. The molecule has 2 aromatic heterocycles. The van der Waals surface area contributed by atoms with Crippen LogP contribution in [-0.4, -0.2) is 20.7 Å². The number of amides is 1. The summed E-state index contributed by atoms with van der Waals surface area (Å²) < 4.78 is 1.74. The number of carbonyl (C=O) groups is 1. The quantitative estimate of drug-likeness (QED) is 0.572. The first-order chi connectivity index (χ1) is 13.0. The molecule has 0 unspecified atom stereocenters. The predicted molar refractivity (Wildman–Crippen MR) is 109 cm³/mol. The highest BCUT2D eigenvalue weighted by molar-refractivity contribution is 6.15. The zero-order valence-electron chi connectivity index (χ0n) is 15.9. The number of fused-ring (bicyclic) bond motifs is 2. The lowest BCUT2D eigenvalue weighted by Gasteiger charge is -2.12. The highest BCUT2D eigenvalue weighted by atomic mass is 16.1. The maximum Gasteiger partial charge on any atom is 0.256 e. The highest BCUT2D eigenvalue weighted by Gasteiger charge is 2.20. The van der Waals surface area contributed by atoms with Crippen molar-refractivity contribution in [2.24, 2.45) is 7.05 Å². The molecule has 1 N–H and O–H groups in total. The van der Waals surface area contributed by atoms with E-state index in [0.29, 0.717) is 5.56 Å². The Morgan fingerprint density at radius 3 is 2.63 bits per heavy atom. The van der Waals surface area contributed by atoms with Gasteiger partial charge in [0.2, 0.25) is 0 Å². The van der Waals surface area contributed by atoms with Gasteiger partial charge in [0.05, 0.1) is 16.6 Å². The Labute approximate surface area is 158 Å². The molecule has 0 fully saturated rings. The number of aromatic nitrogens is 3. The zero-order chi connectivity index (χ0) is 19.1. The van der Waals surface area contributed by atoms with Crippen molar-refractivity contribution in [3.8, 4) is 0 Å². The van der Waals surface area contributed by atoms with Gasteiger partial charge in [-0.15, -0.1) is 0 Å². The first kappa shape index (κ1) is 17.2. The molecular formula is C22H22N4O. The van der Waals surface area contributed by atoms with Gasteiger partial charge in [-0.3, -0.25) is 9.48 Å². The topological polar surface area (TPSA) is 59.8 Å². The summed E-state index contributed by atoms with van der Waals surface area (Å²) in [7, 11) is 1.86. The van der Waals surface area contributed by atoms with Crippen molar-refractivity contribution < 1.29 is 4.79 Å². The monoisotopic (exact) mass is 358 g/mol.